The number of nitriles is 1. The number of rotatable bonds is 1. The molecular weight excluding hydrogens is 189 g/mol. The number of allylic oxidation sites excluding steroid dienone is 1. The maximum absolute atomic E-state index is 10.1. The van der Waals surface area contributed by atoms with E-state index < -0.39 is 0 Å². The second-order valence-corrected chi connectivity index (χ2v) is 2.10. The first-order valence-electron chi connectivity index (χ1n) is 4.15. The number of halogens is 1. The van der Waals surface area contributed by atoms with Crippen LogP contribution < -0.4 is 0 Å². The van der Waals surface area contributed by atoms with Crippen molar-refractivity contribution in [2.45, 2.75) is 0 Å². The van der Waals surface area contributed by atoms with Crippen molar-refractivity contribution in [2.24, 2.45) is 0 Å². The first-order chi connectivity index (χ1) is 7.26. The molecule has 0 unspecified atom stereocenters. The molecule has 0 saturated heterocycles. The van der Waals surface area contributed by atoms with E-state index in [9.17, 15) is 4.39 Å². The topological polar surface area (TPSA) is 23.8 Å². The molecule has 0 aliphatic rings. The highest BCUT2D eigenvalue weighted by Gasteiger charge is 1.75. The maximum atomic E-state index is 10.1. The summed E-state index contributed by atoms with van der Waals surface area (Å²) >= 11 is 0. The Hall–Kier alpha value is -2.14. The molecule has 0 spiro atoms. The van der Waals surface area contributed by atoms with Crippen LogP contribution in [0.15, 0.2) is 62.5 Å². The number of nitrogens with zero attached hydrogens (tertiary/aromatic N) is 1. The van der Waals surface area contributed by atoms with Crippen molar-refractivity contribution >= 4 is 6.08 Å². The van der Waals surface area contributed by atoms with Gasteiger partial charge in [0.05, 0.1) is 12.4 Å². The molecule has 0 radical (unpaired) electrons. The van der Waals surface area contributed by atoms with Gasteiger partial charge >= 0.3 is 0 Å². The van der Waals surface area contributed by atoms with E-state index in [0.29, 0.717) is 0 Å². The van der Waals surface area contributed by atoms with Gasteiger partial charge in [0, 0.05) is 6.08 Å². The van der Waals surface area contributed by atoms with Crippen LogP contribution in [-0.4, -0.2) is 0 Å². The minimum Gasteiger partial charge on any atom is -0.216 e. The second kappa shape index (κ2) is 14.4. The monoisotopic (exact) mass is 203 g/mol. The molecule has 78 valence electrons. The molecule has 0 aliphatic carbocycles. The lowest BCUT2D eigenvalue weighted by molar-refractivity contribution is 0.725. The molecule has 0 saturated carbocycles. The molecule has 1 aromatic rings. The van der Waals surface area contributed by atoms with Crippen molar-refractivity contribution in [1.82, 2.24) is 0 Å². The molecule has 1 aromatic carbocycles. The fourth-order valence-electron chi connectivity index (χ4n) is 0.589. The molecule has 0 fully saturated rings. The van der Waals surface area contributed by atoms with Crippen LogP contribution in [0.3, 0.4) is 0 Å². The third-order valence-electron chi connectivity index (χ3n) is 1.13. The minimum atomic E-state index is 0.250. The van der Waals surface area contributed by atoms with Crippen LogP contribution in [-0.2, 0) is 0 Å². The summed E-state index contributed by atoms with van der Waals surface area (Å²) in [5.41, 5.74) is 1.17. The predicted octanol–water partition coefficient (Wildman–Crippen LogP) is 4.12. The van der Waals surface area contributed by atoms with Crippen LogP contribution >= 0.6 is 0 Å². The van der Waals surface area contributed by atoms with Crippen LogP contribution in [0, 0.1) is 11.3 Å². The Kier molecular flexibility index (Phi) is 14.7. The lowest BCUT2D eigenvalue weighted by atomic mass is 10.2. The van der Waals surface area contributed by atoms with Crippen molar-refractivity contribution in [1.29, 1.82) is 5.26 Å². The number of hydrogen-bond donors (Lipinski definition) is 0. The molecule has 0 aromatic heterocycles. The van der Waals surface area contributed by atoms with E-state index in [1.807, 2.05) is 36.4 Å². The van der Waals surface area contributed by atoms with E-state index >= 15 is 0 Å². The molecule has 2 heteroatoms. The molecule has 0 heterocycles. The van der Waals surface area contributed by atoms with Crippen LogP contribution in [0.1, 0.15) is 5.56 Å². The maximum Gasteiger partial charge on any atom is 0.0905 e. The Morgan fingerprint density at radius 2 is 1.53 bits per heavy atom. The van der Waals surface area contributed by atoms with Crippen LogP contribution in [0.5, 0.6) is 0 Å². The largest absolute Gasteiger partial charge is 0.216 e. The zero-order valence-corrected chi connectivity index (χ0v) is 8.57. The highest BCUT2D eigenvalue weighted by molar-refractivity contribution is 5.45. The van der Waals surface area contributed by atoms with Gasteiger partial charge in [-0.3, -0.25) is 0 Å². The van der Waals surface area contributed by atoms with Crippen LogP contribution in [0.2, 0.25) is 0 Å². The van der Waals surface area contributed by atoms with Gasteiger partial charge < -0.3 is 0 Å². The Balaban J connectivity index is 0. The standard InChI is InChI=1S/C8H8.C3H3N.C2H3F/c1-2-8-6-4-3-5-7-8;1-2-3-4;1-2-3/h2-7H,1H2;2H,1H2;2H,1H2. The van der Waals surface area contributed by atoms with E-state index in [-0.39, 0.29) is 6.33 Å². The smallest absolute Gasteiger partial charge is 0.0905 e. The molecular formula is C13H14FN. The fraction of sp³-hybridized carbons (Fsp3) is 0. The number of benzene rings is 1. The van der Waals surface area contributed by atoms with Crippen molar-refractivity contribution in [3.05, 3.63) is 68.0 Å². The van der Waals surface area contributed by atoms with E-state index in [1.165, 1.54) is 11.6 Å². The minimum absolute atomic E-state index is 0.250. The number of hydrogen-bond acceptors (Lipinski definition) is 1. The summed E-state index contributed by atoms with van der Waals surface area (Å²) in [4.78, 5) is 0. The van der Waals surface area contributed by atoms with Gasteiger partial charge in [0.25, 0.3) is 0 Å². The Bertz CT molecular complexity index is 309. The van der Waals surface area contributed by atoms with Gasteiger partial charge in [-0.05, 0) is 5.56 Å². The average Bonchev–Trinajstić information content (AvgIpc) is 2.31. The Morgan fingerprint density at radius 3 is 1.73 bits per heavy atom. The normalized spacial score (nSPS) is 6.40. The summed E-state index contributed by atoms with van der Waals surface area (Å²) in [7, 11) is 0. The molecule has 0 aliphatic heterocycles. The summed E-state index contributed by atoms with van der Waals surface area (Å²) in [5, 5.41) is 7.51. The highest BCUT2D eigenvalue weighted by Crippen LogP contribution is 1.97. The molecule has 0 N–H and O–H groups in total. The van der Waals surface area contributed by atoms with Crippen molar-refractivity contribution in [3.8, 4) is 6.07 Å². The third-order valence-corrected chi connectivity index (χ3v) is 1.13. The zero-order valence-electron chi connectivity index (χ0n) is 8.57. The van der Waals surface area contributed by atoms with Gasteiger partial charge in [-0.1, -0.05) is 56.1 Å². The summed E-state index contributed by atoms with van der Waals surface area (Å²) in [6.07, 6.45) is 3.26. The molecule has 1 nitrogen and oxygen atoms in total. The van der Waals surface area contributed by atoms with E-state index in [4.69, 9.17) is 5.26 Å². The van der Waals surface area contributed by atoms with Crippen LogP contribution in [0.25, 0.3) is 6.08 Å². The Labute approximate surface area is 90.5 Å². The Morgan fingerprint density at radius 1 is 1.13 bits per heavy atom. The first kappa shape index (κ1) is 15.3. The van der Waals surface area contributed by atoms with Crippen molar-refractivity contribution in [3.63, 3.8) is 0 Å². The van der Waals surface area contributed by atoms with Gasteiger partial charge in [0.15, 0.2) is 0 Å². The molecule has 0 amide bonds. The summed E-state index contributed by atoms with van der Waals surface area (Å²) in [6.45, 7) is 9.44. The first-order valence-corrected chi connectivity index (χ1v) is 4.15. The van der Waals surface area contributed by atoms with E-state index in [0.717, 1.165) is 0 Å². The molecule has 1 rings (SSSR count). The van der Waals surface area contributed by atoms with Crippen LogP contribution in [0.4, 0.5) is 4.39 Å². The second-order valence-electron chi connectivity index (χ2n) is 2.10. The lowest BCUT2D eigenvalue weighted by Crippen LogP contribution is -1.63. The summed E-state index contributed by atoms with van der Waals surface area (Å²) < 4.78 is 10.1. The van der Waals surface area contributed by atoms with Gasteiger partial charge in [-0.25, -0.2) is 4.39 Å². The molecule has 15 heavy (non-hydrogen) atoms. The van der Waals surface area contributed by atoms with Gasteiger partial charge in [0.2, 0.25) is 0 Å². The molecule has 0 atom stereocenters. The lowest BCUT2D eigenvalue weighted by Gasteiger charge is -1.85. The molecule has 0 bridgehead atoms. The summed E-state index contributed by atoms with van der Waals surface area (Å²) in [6, 6.07) is 11.7. The SMILES string of the molecule is C=CC#N.C=CF.C=Cc1ccccc1. The fourth-order valence-corrected chi connectivity index (χ4v) is 0.589. The zero-order chi connectivity index (χ0) is 11.9. The van der Waals surface area contributed by atoms with E-state index in [1.54, 1.807) is 6.07 Å². The quantitative estimate of drug-likeness (QED) is 0.630. The van der Waals surface area contributed by atoms with Gasteiger partial charge in [-0.15, -0.1) is 0 Å². The summed E-state index contributed by atoms with van der Waals surface area (Å²) in [5.74, 6) is 0. The highest BCUT2D eigenvalue weighted by atomic mass is 19.1. The third kappa shape index (κ3) is 14.7. The van der Waals surface area contributed by atoms with Crippen molar-refractivity contribution in [2.75, 3.05) is 0 Å². The average molecular weight is 203 g/mol. The predicted molar refractivity (Wildman–Crippen MR) is 63.6 cm³/mol. The van der Waals surface area contributed by atoms with Gasteiger partial charge in [-0.2, -0.15) is 5.26 Å². The van der Waals surface area contributed by atoms with Crippen molar-refractivity contribution < 1.29 is 4.39 Å². The van der Waals surface area contributed by atoms with E-state index in [2.05, 4.69) is 19.7 Å². The van der Waals surface area contributed by atoms with Gasteiger partial charge in [0.1, 0.15) is 0 Å².